The molecule has 0 aromatic carbocycles. The Kier molecular flexibility index (Phi) is 4.63. The largest absolute Gasteiger partial charge is 0.468 e. The molecule has 1 saturated heterocycles. The van der Waals surface area contributed by atoms with Gasteiger partial charge in [-0.1, -0.05) is 25.9 Å². The fourth-order valence-electron chi connectivity index (χ4n) is 2.39. The number of aromatic nitrogens is 2. The summed E-state index contributed by atoms with van der Waals surface area (Å²) in [5, 5.41) is 4.00. The molecule has 0 unspecified atom stereocenters. The Morgan fingerprint density at radius 2 is 2.14 bits per heavy atom. The topological polar surface area (TPSA) is 77.7 Å². The molecule has 0 amide bonds. The number of methoxy groups -OCH3 is 2. The molecule has 118 valence electrons. The molecule has 0 saturated carbocycles. The maximum Gasteiger partial charge on any atom is 0.323 e. The van der Waals surface area contributed by atoms with Gasteiger partial charge >= 0.3 is 5.97 Å². The van der Waals surface area contributed by atoms with Crippen molar-refractivity contribution in [3.8, 4) is 0 Å². The number of nitrogens with zero attached hydrogens (tertiary/aromatic N) is 3. The fourth-order valence-corrected chi connectivity index (χ4v) is 2.39. The molecule has 1 aliphatic rings. The lowest BCUT2D eigenvalue weighted by atomic mass is 9.97. The van der Waals surface area contributed by atoms with E-state index in [1.165, 1.54) is 7.11 Å². The van der Waals surface area contributed by atoms with Crippen molar-refractivity contribution in [1.82, 2.24) is 15.0 Å². The van der Waals surface area contributed by atoms with Crippen molar-refractivity contribution in [3.63, 3.8) is 0 Å². The van der Waals surface area contributed by atoms with Gasteiger partial charge in [0.05, 0.1) is 19.8 Å². The van der Waals surface area contributed by atoms with Crippen molar-refractivity contribution >= 4 is 5.97 Å². The molecule has 0 radical (unpaired) electrons. The van der Waals surface area contributed by atoms with Crippen LogP contribution in [-0.2, 0) is 26.2 Å². The van der Waals surface area contributed by atoms with Gasteiger partial charge in [-0.2, -0.15) is 4.98 Å². The number of ether oxygens (including phenoxy) is 2. The quantitative estimate of drug-likeness (QED) is 0.771. The van der Waals surface area contributed by atoms with Crippen molar-refractivity contribution in [2.24, 2.45) is 0 Å². The summed E-state index contributed by atoms with van der Waals surface area (Å²) in [6, 6.07) is -0.323. The smallest absolute Gasteiger partial charge is 0.323 e. The van der Waals surface area contributed by atoms with Gasteiger partial charge in [0.2, 0.25) is 5.89 Å². The minimum atomic E-state index is -0.323. The lowest BCUT2D eigenvalue weighted by molar-refractivity contribution is -0.146. The average Bonchev–Trinajstić information content (AvgIpc) is 3.04. The Morgan fingerprint density at radius 1 is 1.43 bits per heavy atom. The van der Waals surface area contributed by atoms with Crippen LogP contribution in [0.4, 0.5) is 0 Å². The monoisotopic (exact) mass is 297 g/mol. The Bertz CT molecular complexity index is 495. The lowest BCUT2D eigenvalue weighted by Crippen LogP contribution is -2.36. The first-order valence-electron chi connectivity index (χ1n) is 7.03. The fraction of sp³-hybridized carbons (Fsp3) is 0.786. The maximum atomic E-state index is 11.9. The summed E-state index contributed by atoms with van der Waals surface area (Å²) in [5.74, 6) is 0.911. The average molecular weight is 297 g/mol. The summed E-state index contributed by atoms with van der Waals surface area (Å²) in [6.45, 7) is 7.13. The van der Waals surface area contributed by atoms with Gasteiger partial charge in [-0.3, -0.25) is 9.69 Å². The van der Waals surface area contributed by atoms with Crippen LogP contribution in [0.15, 0.2) is 4.52 Å². The van der Waals surface area contributed by atoms with E-state index in [1.807, 2.05) is 25.7 Å². The summed E-state index contributed by atoms with van der Waals surface area (Å²) in [5.41, 5.74) is -0.187. The summed E-state index contributed by atoms with van der Waals surface area (Å²) in [6.07, 6.45) is 0.635. The molecule has 21 heavy (non-hydrogen) atoms. The highest BCUT2D eigenvalue weighted by molar-refractivity contribution is 5.76. The van der Waals surface area contributed by atoms with Gasteiger partial charge in [0.1, 0.15) is 6.04 Å². The van der Waals surface area contributed by atoms with E-state index in [-0.39, 0.29) is 23.5 Å². The second-order valence-corrected chi connectivity index (χ2v) is 6.33. The van der Waals surface area contributed by atoms with E-state index in [2.05, 4.69) is 10.1 Å². The van der Waals surface area contributed by atoms with E-state index in [0.717, 1.165) is 0 Å². The summed E-state index contributed by atoms with van der Waals surface area (Å²) in [4.78, 5) is 18.2. The van der Waals surface area contributed by atoms with E-state index in [1.54, 1.807) is 7.11 Å². The zero-order valence-corrected chi connectivity index (χ0v) is 13.3. The van der Waals surface area contributed by atoms with Crippen LogP contribution in [0, 0.1) is 0 Å². The van der Waals surface area contributed by atoms with Crippen LogP contribution in [0.3, 0.4) is 0 Å². The highest BCUT2D eigenvalue weighted by Gasteiger charge is 2.38. The van der Waals surface area contributed by atoms with Crippen molar-refractivity contribution in [3.05, 3.63) is 11.7 Å². The van der Waals surface area contributed by atoms with Gasteiger partial charge in [0.15, 0.2) is 5.82 Å². The SMILES string of the molecule is COC(=O)[C@H]1C[C@@H](OC)CN1Cc1noc(C(C)(C)C)n1. The van der Waals surface area contributed by atoms with Crippen molar-refractivity contribution in [2.75, 3.05) is 20.8 Å². The minimum absolute atomic E-state index is 0.0167. The predicted molar refractivity (Wildman–Crippen MR) is 74.6 cm³/mol. The molecule has 2 rings (SSSR count). The number of rotatable bonds is 4. The second-order valence-electron chi connectivity index (χ2n) is 6.33. The van der Waals surface area contributed by atoms with Crippen LogP contribution in [0.2, 0.25) is 0 Å². The highest BCUT2D eigenvalue weighted by Crippen LogP contribution is 2.24. The van der Waals surface area contributed by atoms with Crippen LogP contribution in [0.25, 0.3) is 0 Å². The summed E-state index contributed by atoms with van der Waals surface area (Å²) < 4.78 is 15.5. The van der Waals surface area contributed by atoms with E-state index in [4.69, 9.17) is 14.0 Å². The van der Waals surface area contributed by atoms with Gasteiger partial charge in [0, 0.05) is 25.5 Å². The van der Waals surface area contributed by atoms with Crippen LogP contribution >= 0.6 is 0 Å². The number of likely N-dealkylation sites (tertiary alicyclic amines) is 1. The van der Waals surface area contributed by atoms with Crippen LogP contribution < -0.4 is 0 Å². The summed E-state index contributed by atoms with van der Waals surface area (Å²) in [7, 11) is 3.04. The molecule has 7 heteroatoms. The number of carbonyl (C=O) groups excluding carboxylic acids is 1. The number of hydrogen-bond acceptors (Lipinski definition) is 7. The third-order valence-corrected chi connectivity index (χ3v) is 3.63. The van der Waals surface area contributed by atoms with Gasteiger partial charge in [-0.25, -0.2) is 0 Å². The van der Waals surface area contributed by atoms with Gasteiger partial charge in [-0.15, -0.1) is 0 Å². The molecule has 7 nitrogen and oxygen atoms in total. The van der Waals surface area contributed by atoms with Gasteiger partial charge in [-0.05, 0) is 0 Å². The van der Waals surface area contributed by atoms with E-state index in [9.17, 15) is 4.79 Å². The summed E-state index contributed by atoms with van der Waals surface area (Å²) >= 11 is 0. The highest BCUT2D eigenvalue weighted by atomic mass is 16.5. The predicted octanol–water partition coefficient (Wildman–Crippen LogP) is 1.13. The molecule has 0 spiro atoms. The van der Waals surface area contributed by atoms with E-state index < -0.39 is 0 Å². The minimum Gasteiger partial charge on any atom is -0.468 e. The number of hydrogen-bond donors (Lipinski definition) is 0. The molecule has 1 aromatic rings. The zero-order chi connectivity index (χ0) is 15.6. The molecule has 1 fully saturated rings. The van der Waals surface area contributed by atoms with Gasteiger partial charge in [0.25, 0.3) is 0 Å². The molecular weight excluding hydrogens is 274 g/mol. The Balaban J connectivity index is 2.09. The van der Waals surface area contributed by atoms with Crippen LogP contribution in [0.1, 0.15) is 38.9 Å². The molecular formula is C14H23N3O4. The Morgan fingerprint density at radius 3 is 2.67 bits per heavy atom. The number of esters is 1. The molecule has 0 N–H and O–H groups in total. The standard InChI is InChI=1S/C14H23N3O4/c1-14(2,3)13-15-11(16-21-13)8-17-7-9(19-4)6-10(17)12(18)20-5/h9-10H,6-8H2,1-5H3/t9-,10-/m1/s1. The van der Waals surface area contributed by atoms with E-state index >= 15 is 0 Å². The maximum absolute atomic E-state index is 11.9. The first-order chi connectivity index (χ1) is 9.85. The van der Waals surface area contributed by atoms with Crippen LogP contribution in [0.5, 0.6) is 0 Å². The Labute approximate surface area is 124 Å². The molecule has 2 atom stereocenters. The number of carbonyl (C=O) groups is 1. The molecule has 0 aliphatic carbocycles. The third kappa shape index (κ3) is 3.59. The first kappa shape index (κ1) is 15.9. The lowest BCUT2D eigenvalue weighted by Gasteiger charge is -2.20. The molecule has 0 bridgehead atoms. The van der Waals surface area contributed by atoms with Crippen molar-refractivity contribution in [1.29, 1.82) is 0 Å². The molecule has 1 aromatic heterocycles. The third-order valence-electron chi connectivity index (χ3n) is 3.63. The normalized spacial score (nSPS) is 23.5. The van der Waals surface area contributed by atoms with Crippen molar-refractivity contribution < 1.29 is 18.8 Å². The van der Waals surface area contributed by atoms with Gasteiger partial charge < -0.3 is 14.0 Å². The second kappa shape index (κ2) is 6.11. The first-order valence-corrected chi connectivity index (χ1v) is 7.03. The molecule has 1 aliphatic heterocycles. The Hall–Kier alpha value is -1.47. The zero-order valence-electron chi connectivity index (χ0n) is 13.3. The van der Waals surface area contributed by atoms with Crippen molar-refractivity contribution in [2.45, 2.75) is 51.3 Å². The van der Waals surface area contributed by atoms with E-state index in [0.29, 0.717) is 31.2 Å². The van der Waals surface area contributed by atoms with Crippen LogP contribution in [-0.4, -0.2) is 53.9 Å². The molecule has 2 heterocycles.